The summed E-state index contributed by atoms with van der Waals surface area (Å²) in [6.45, 7) is 0.927. The molecule has 0 atom stereocenters. The fraction of sp³-hybridized carbons (Fsp3) is 0.222. The van der Waals surface area contributed by atoms with Gasteiger partial charge in [-0.3, -0.25) is 14.7 Å². The van der Waals surface area contributed by atoms with Crippen molar-refractivity contribution in [3.63, 3.8) is 0 Å². The second-order valence-electron chi connectivity index (χ2n) is 5.61. The van der Waals surface area contributed by atoms with E-state index in [0.29, 0.717) is 40.2 Å². The Morgan fingerprint density at radius 1 is 1.19 bits per heavy atom. The quantitative estimate of drug-likeness (QED) is 0.720. The summed E-state index contributed by atoms with van der Waals surface area (Å²) in [5.74, 6) is 0.0992. The van der Waals surface area contributed by atoms with Crippen LogP contribution >= 0.6 is 23.4 Å². The number of carbonyl (C=O) groups is 1. The van der Waals surface area contributed by atoms with Crippen molar-refractivity contribution in [3.8, 4) is 0 Å². The Morgan fingerprint density at radius 2 is 1.92 bits per heavy atom. The number of nitrogens with zero attached hydrogens (tertiary/aromatic N) is 2. The van der Waals surface area contributed by atoms with Gasteiger partial charge in [0.05, 0.1) is 12.1 Å². The van der Waals surface area contributed by atoms with Crippen molar-refractivity contribution >= 4 is 34.4 Å². The third-order valence-electron chi connectivity index (χ3n) is 3.76. The summed E-state index contributed by atoms with van der Waals surface area (Å²) in [5, 5.41) is 1.05. The molecule has 3 nitrogen and oxygen atoms in total. The number of hydrogen-bond donors (Lipinski definition) is 0. The van der Waals surface area contributed by atoms with Gasteiger partial charge in [-0.05, 0) is 35.9 Å². The van der Waals surface area contributed by atoms with Crippen molar-refractivity contribution in [1.82, 2.24) is 4.90 Å². The number of hydrogen-bond acceptors (Lipinski definition) is 3. The minimum atomic E-state index is -4.37. The molecule has 0 aromatic heterocycles. The molecule has 3 rings (SSSR count). The Morgan fingerprint density at radius 3 is 2.62 bits per heavy atom. The highest BCUT2D eigenvalue weighted by Crippen LogP contribution is 2.31. The maximum Gasteiger partial charge on any atom is 0.416 e. The fourth-order valence-corrected chi connectivity index (χ4v) is 3.59. The summed E-state index contributed by atoms with van der Waals surface area (Å²) in [6.07, 6.45) is -4.37. The molecule has 0 unspecified atom stereocenters. The average molecular weight is 399 g/mol. The summed E-state index contributed by atoms with van der Waals surface area (Å²) in [4.78, 5) is 18.5. The van der Waals surface area contributed by atoms with Crippen molar-refractivity contribution in [3.05, 3.63) is 70.2 Å². The zero-order valence-electron chi connectivity index (χ0n) is 13.5. The molecular weight excluding hydrogens is 385 g/mol. The number of thioether (sulfide) groups is 1. The molecular formula is C18H14ClF3N2OS. The van der Waals surface area contributed by atoms with Gasteiger partial charge in [-0.2, -0.15) is 13.2 Å². The molecule has 1 aliphatic heterocycles. The van der Waals surface area contributed by atoms with Crippen LogP contribution in [0.15, 0.2) is 53.5 Å². The third-order valence-corrected chi connectivity index (χ3v) is 5.10. The van der Waals surface area contributed by atoms with E-state index in [1.807, 2.05) is 0 Å². The van der Waals surface area contributed by atoms with Gasteiger partial charge in [0.1, 0.15) is 0 Å². The summed E-state index contributed by atoms with van der Waals surface area (Å²) < 4.78 is 38.4. The zero-order chi connectivity index (χ0) is 18.7. The second-order valence-corrected chi connectivity index (χ2v) is 6.99. The van der Waals surface area contributed by atoms with Gasteiger partial charge in [-0.25, -0.2) is 0 Å². The van der Waals surface area contributed by atoms with Crippen LogP contribution < -0.4 is 0 Å². The monoisotopic (exact) mass is 398 g/mol. The lowest BCUT2D eigenvalue weighted by Gasteiger charge is -2.18. The number of aliphatic imine (C=N–C) groups is 1. The van der Waals surface area contributed by atoms with Crippen LogP contribution in [0.25, 0.3) is 0 Å². The minimum absolute atomic E-state index is 0.200. The SMILES string of the molecule is O=C(c1ccc(Cl)cc1)N1CCN=C1SCc1cccc(C(F)(F)F)c1. The van der Waals surface area contributed by atoms with Gasteiger partial charge in [0, 0.05) is 22.9 Å². The number of rotatable bonds is 3. The molecule has 1 heterocycles. The standard InChI is InChI=1S/C18H14ClF3N2OS/c19-15-6-4-13(5-7-15)16(25)24-9-8-23-17(24)26-11-12-2-1-3-14(10-12)18(20,21)22/h1-7,10H,8-9,11H2. The zero-order valence-corrected chi connectivity index (χ0v) is 15.0. The lowest BCUT2D eigenvalue weighted by Crippen LogP contribution is -2.32. The van der Waals surface area contributed by atoms with Crippen LogP contribution in [-0.2, 0) is 11.9 Å². The highest BCUT2D eigenvalue weighted by atomic mass is 35.5. The largest absolute Gasteiger partial charge is 0.416 e. The van der Waals surface area contributed by atoms with Gasteiger partial charge >= 0.3 is 6.18 Å². The van der Waals surface area contributed by atoms with E-state index in [9.17, 15) is 18.0 Å². The van der Waals surface area contributed by atoms with E-state index in [-0.39, 0.29) is 5.91 Å². The smallest absolute Gasteiger partial charge is 0.286 e. The van der Waals surface area contributed by atoms with Crippen molar-refractivity contribution < 1.29 is 18.0 Å². The van der Waals surface area contributed by atoms with Crippen molar-refractivity contribution in [2.45, 2.75) is 11.9 Å². The first-order valence-corrected chi connectivity index (χ1v) is 9.12. The number of carbonyl (C=O) groups excluding carboxylic acids is 1. The van der Waals surface area contributed by atoms with E-state index in [2.05, 4.69) is 4.99 Å². The van der Waals surface area contributed by atoms with Gasteiger partial charge in [0.15, 0.2) is 5.17 Å². The Labute approximate surface area is 157 Å². The van der Waals surface area contributed by atoms with Crippen LogP contribution in [-0.4, -0.2) is 29.1 Å². The molecule has 1 aliphatic rings. The Balaban J connectivity index is 1.68. The molecule has 0 bridgehead atoms. The molecule has 0 saturated carbocycles. The van der Waals surface area contributed by atoms with E-state index in [1.165, 1.54) is 17.8 Å². The van der Waals surface area contributed by atoms with E-state index in [1.54, 1.807) is 35.2 Å². The highest BCUT2D eigenvalue weighted by molar-refractivity contribution is 8.13. The molecule has 136 valence electrons. The molecule has 2 aromatic rings. The maximum atomic E-state index is 12.8. The molecule has 0 aliphatic carbocycles. The number of alkyl halides is 3. The molecule has 0 saturated heterocycles. The molecule has 26 heavy (non-hydrogen) atoms. The lowest BCUT2D eigenvalue weighted by atomic mass is 10.1. The Kier molecular flexibility index (Phi) is 5.58. The van der Waals surface area contributed by atoms with Crippen LogP contribution in [0.5, 0.6) is 0 Å². The average Bonchev–Trinajstić information content (AvgIpc) is 3.08. The van der Waals surface area contributed by atoms with E-state index >= 15 is 0 Å². The molecule has 0 N–H and O–H groups in total. The number of amides is 1. The third kappa shape index (κ3) is 4.40. The molecule has 0 radical (unpaired) electrons. The van der Waals surface area contributed by atoms with Gasteiger partial charge in [0.25, 0.3) is 5.91 Å². The molecule has 8 heteroatoms. The lowest BCUT2D eigenvalue weighted by molar-refractivity contribution is -0.137. The normalized spacial score (nSPS) is 14.5. The molecule has 0 spiro atoms. The van der Waals surface area contributed by atoms with Crippen LogP contribution in [0.3, 0.4) is 0 Å². The Hall–Kier alpha value is -1.99. The minimum Gasteiger partial charge on any atom is -0.286 e. The number of benzene rings is 2. The summed E-state index contributed by atoms with van der Waals surface area (Å²) in [7, 11) is 0. The van der Waals surface area contributed by atoms with E-state index in [4.69, 9.17) is 11.6 Å². The van der Waals surface area contributed by atoms with Crippen LogP contribution in [0.2, 0.25) is 5.02 Å². The highest BCUT2D eigenvalue weighted by Gasteiger charge is 2.30. The van der Waals surface area contributed by atoms with Crippen molar-refractivity contribution in [1.29, 1.82) is 0 Å². The molecule has 0 fully saturated rings. The summed E-state index contributed by atoms with van der Waals surface area (Å²) in [6, 6.07) is 11.7. The fourth-order valence-electron chi connectivity index (χ4n) is 2.47. The number of halogens is 4. The Bertz CT molecular complexity index is 837. The van der Waals surface area contributed by atoms with Crippen molar-refractivity contribution in [2.24, 2.45) is 4.99 Å². The molecule has 1 amide bonds. The van der Waals surface area contributed by atoms with Gasteiger partial charge in [-0.15, -0.1) is 0 Å². The topological polar surface area (TPSA) is 32.7 Å². The predicted molar refractivity (Wildman–Crippen MR) is 97.5 cm³/mol. The first-order chi connectivity index (χ1) is 12.3. The first-order valence-electron chi connectivity index (χ1n) is 7.75. The summed E-state index contributed by atoms with van der Waals surface area (Å²) >= 11 is 7.09. The van der Waals surface area contributed by atoms with E-state index < -0.39 is 11.7 Å². The predicted octanol–water partition coefficient (Wildman–Crippen LogP) is 5.10. The van der Waals surface area contributed by atoms with Gasteiger partial charge in [-0.1, -0.05) is 41.6 Å². The maximum absolute atomic E-state index is 12.8. The van der Waals surface area contributed by atoms with E-state index in [0.717, 1.165) is 12.1 Å². The molecule has 2 aromatic carbocycles. The summed E-state index contributed by atoms with van der Waals surface area (Å²) in [5.41, 5.74) is 0.333. The van der Waals surface area contributed by atoms with Crippen LogP contribution in [0.4, 0.5) is 13.2 Å². The first kappa shape index (κ1) is 18.8. The van der Waals surface area contributed by atoms with Crippen LogP contribution in [0, 0.1) is 0 Å². The van der Waals surface area contributed by atoms with Gasteiger partial charge < -0.3 is 0 Å². The second kappa shape index (κ2) is 7.72. The van der Waals surface area contributed by atoms with Gasteiger partial charge in [0.2, 0.25) is 0 Å². The van der Waals surface area contributed by atoms with Crippen LogP contribution in [0.1, 0.15) is 21.5 Å². The number of amidine groups is 1. The van der Waals surface area contributed by atoms with Crippen molar-refractivity contribution in [2.75, 3.05) is 13.1 Å².